The fourth-order valence-electron chi connectivity index (χ4n) is 2.24. The molecule has 3 nitrogen and oxygen atoms in total. The second-order valence-corrected chi connectivity index (χ2v) is 4.45. The molecule has 1 N–H and O–H groups in total. The molecule has 0 bridgehead atoms. The number of nitrogens with zero attached hydrogens (tertiary/aromatic N) is 1. The number of piperidine rings is 1. The summed E-state index contributed by atoms with van der Waals surface area (Å²) in [5, 5.41) is 8.86. The van der Waals surface area contributed by atoms with Crippen LogP contribution in [0, 0.1) is 6.92 Å². The van der Waals surface area contributed by atoms with E-state index in [1.807, 2.05) is 0 Å². The quantitative estimate of drug-likeness (QED) is 0.789. The number of carboxylic acid groups (broad SMARTS) is 1. The fourth-order valence-corrected chi connectivity index (χ4v) is 2.24. The summed E-state index contributed by atoms with van der Waals surface area (Å²) in [4.78, 5) is 12.3. The zero-order valence-electron chi connectivity index (χ0n) is 9.52. The molecule has 0 spiro atoms. The molecule has 1 aliphatic heterocycles. The monoisotopic (exact) mass is 219 g/mol. The van der Waals surface area contributed by atoms with Crippen molar-refractivity contribution in [3.8, 4) is 0 Å². The summed E-state index contributed by atoms with van der Waals surface area (Å²) in [6, 6.07) is 8.57. The van der Waals surface area contributed by atoms with E-state index in [9.17, 15) is 4.79 Å². The maximum Gasteiger partial charge on any atom is 0.407 e. The van der Waals surface area contributed by atoms with Gasteiger partial charge in [-0.05, 0) is 31.2 Å². The van der Waals surface area contributed by atoms with Crippen LogP contribution in [-0.2, 0) is 0 Å². The third-order valence-electron chi connectivity index (χ3n) is 3.31. The van der Waals surface area contributed by atoms with Crippen LogP contribution in [0.4, 0.5) is 4.79 Å². The molecule has 16 heavy (non-hydrogen) atoms. The minimum Gasteiger partial charge on any atom is -0.465 e. The van der Waals surface area contributed by atoms with Crippen molar-refractivity contribution in [2.75, 3.05) is 13.1 Å². The number of carbonyl (C=O) groups is 1. The zero-order valence-corrected chi connectivity index (χ0v) is 9.52. The molecule has 86 valence electrons. The normalized spacial score (nSPS) is 17.4. The Labute approximate surface area is 95.7 Å². The highest BCUT2D eigenvalue weighted by Gasteiger charge is 2.22. The van der Waals surface area contributed by atoms with Gasteiger partial charge >= 0.3 is 6.09 Å². The summed E-state index contributed by atoms with van der Waals surface area (Å²) >= 11 is 0. The SMILES string of the molecule is Cc1ccc(C2CCN(C(=O)O)CC2)cc1. The van der Waals surface area contributed by atoms with E-state index >= 15 is 0 Å². The molecule has 1 aromatic rings. The van der Waals surface area contributed by atoms with Crippen LogP contribution in [0.25, 0.3) is 0 Å². The van der Waals surface area contributed by atoms with Gasteiger partial charge in [0.2, 0.25) is 0 Å². The van der Waals surface area contributed by atoms with Crippen molar-refractivity contribution in [3.63, 3.8) is 0 Å². The highest BCUT2D eigenvalue weighted by atomic mass is 16.4. The molecule has 1 amide bonds. The maximum absolute atomic E-state index is 10.8. The van der Waals surface area contributed by atoms with Gasteiger partial charge in [0.1, 0.15) is 0 Å². The van der Waals surface area contributed by atoms with Gasteiger partial charge in [0, 0.05) is 13.1 Å². The summed E-state index contributed by atoms with van der Waals surface area (Å²) in [7, 11) is 0. The van der Waals surface area contributed by atoms with Crippen LogP contribution in [0.15, 0.2) is 24.3 Å². The fraction of sp³-hybridized carbons (Fsp3) is 0.462. The van der Waals surface area contributed by atoms with Crippen LogP contribution in [0.2, 0.25) is 0 Å². The largest absolute Gasteiger partial charge is 0.465 e. The second-order valence-electron chi connectivity index (χ2n) is 4.45. The first-order chi connectivity index (χ1) is 7.66. The van der Waals surface area contributed by atoms with Gasteiger partial charge in [-0.1, -0.05) is 29.8 Å². The van der Waals surface area contributed by atoms with E-state index in [0.29, 0.717) is 19.0 Å². The van der Waals surface area contributed by atoms with Gasteiger partial charge < -0.3 is 10.0 Å². The van der Waals surface area contributed by atoms with Gasteiger partial charge in [0.25, 0.3) is 0 Å². The minimum atomic E-state index is -0.789. The molecular weight excluding hydrogens is 202 g/mol. The first-order valence-corrected chi connectivity index (χ1v) is 5.71. The molecule has 0 atom stereocenters. The predicted molar refractivity (Wildman–Crippen MR) is 62.8 cm³/mol. The highest BCUT2D eigenvalue weighted by molar-refractivity contribution is 5.65. The Morgan fingerprint density at radius 3 is 2.31 bits per heavy atom. The van der Waals surface area contributed by atoms with Crippen LogP contribution in [0.3, 0.4) is 0 Å². The Bertz CT molecular complexity index is 364. The van der Waals surface area contributed by atoms with E-state index in [4.69, 9.17) is 5.11 Å². The number of amides is 1. The van der Waals surface area contributed by atoms with E-state index < -0.39 is 6.09 Å². The summed E-state index contributed by atoms with van der Waals surface area (Å²) in [6.07, 6.45) is 1.09. The average molecular weight is 219 g/mol. The van der Waals surface area contributed by atoms with Gasteiger partial charge in [0.15, 0.2) is 0 Å². The molecule has 1 saturated heterocycles. The average Bonchev–Trinajstić information content (AvgIpc) is 2.30. The molecule has 0 aromatic heterocycles. The van der Waals surface area contributed by atoms with E-state index in [0.717, 1.165) is 12.8 Å². The third kappa shape index (κ3) is 2.35. The van der Waals surface area contributed by atoms with Crippen LogP contribution < -0.4 is 0 Å². The molecule has 3 heteroatoms. The van der Waals surface area contributed by atoms with Crippen molar-refractivity contribution < 1.29 is 9.90 Å². The Hall–Kier alpha value is -1.51. The molecule has 0 unspecified atom stereocenters. The van der Waals surface area contributed by atoms with Crippen LogP contribution in [0.1, 0.15) is 29.9 Å². The molecule has 1 fully saturated rings. The van der Waals surface area contributed by atoms with Gasteiger partial charge in [-0.25, -0.2) is 4.79 Å². The van der Waals surface area contributed by atoms with E-state index in [-0.39, 0.29) is 0 Å². The Morgan fingerprint density at radius 2 is 1.81 bits per heavy atom. The summed E-state index contributed by atoms with van der Waals surface area (Å²) < 4.78 is 0. The second kappa shape index (κ2) is 4.56. The van der Waals surface area contributed by atoms with Crippen molar-refractivity contribution in [1.82, 2.24) is 4.90 Å². The Morgan fingerprint density at radius 1 is 1.25 bits per heavy atom. The number of hydrogen-bond donors (Lipinski definition) is 1. The van der Waals surface area contributed by atoms with Crippen molar-refractivity contribution in [2.24, 2.45) is 0 Å². The van der Waals surface area contributed by atoms with Gasteiger partial charge in [-0.15, -0.1) is 0 Å². The first-order valence-electron chi connectivity index (χ1n) is 5.71. The minimum absolute atomic E-state index is 0.524. The molecule has 0 aliphatic carbocycles. The number of hydrogen-bond acceptors (Lipinski definition) is 1. The number of aryl methyl sites for hydroxylation is 1. The zero-order chi connectivity index (χ0) is 11.5. The van der Waals surface area contributed by atoms with Crippen molar-refractivity contribution in [1.29, 1.82) is 0 Å². The van der Waals surface area contributed by atoms with E-state index in [1.165, 1.54) is 16.0 Å². The molecule has 2 rings (SSSR count). The van der Waals surface area contributed by atoms with Gasteiger partial charge in [-0.2, -0.15) is 0 Å². The maximum atomic E-state index is 10.8. The molecule has 0 radical (unpaired) electrons. The Kier molecular flexibility index (Phi) is 3.13. The molecule has 1 heterocycles. The first kappa shape index (κ1) is 11.0. The highest BCUT2D eigenvalue weighted by Crippen LogP contribution is 2.27. The Balaban J connectivity index is 1.99. The lowest BCUT2D eigenvalue weighted by Crippen LogP contribution is -2.36. The van der Waals surface area contributed by atoms with Crippen LogP contribution >= 0.6 is 0 Å². The molecule has 1 aromatic carbocycles. The lowest BCUT2D eigenvalue weighted by molar-refractivity contribution is 0.132. The van der Waals surface area contributed by atoms with E-state index in [2.05, 4.69) is 31.2 Å². The predicted octanol–water partition coefficient (Wildman–Crippen LogP) is 2.85. The lowest BCUT2D eigenvalue weighted by atomic mass is 9.89. The van der Waals surface area contributed by atoms with Crippen LogP contribution in [0.5, 0.6) is 0 Å². The van der Waals surface area contributed by atoms with Crippen molar-refractivity contribution >= 4 is 6.09 Å². The number of likely N-dealkylation sites (tertiary alicyclic amines) is 1. The topological polar surface area (TPSA) is 40.5 Å². The number of rotatable bonds is 1. The van der Waals surface area contributed by atoms with Gasteiger partial charge in [-0.3, -0.25) is 0 Å². The van der Waals surface area contributed by atoms with Gasteiger partial charge in [0.05, 0.1) is 0 Å². The third-order valence-corrected chi connectivity index (χ3v) is 3.31. The molecular formula is C13H17NO2. The standard InChI is InChI=1S/C13H17NO2/c1-10-2-4-11(5-3-10)12-6-8-14(9-7-12)13(15)16/h2-5,12H,6-9H2,1H3,(H,15,16). The summed E-state index contributed by atoms with van der Waals surface area (Å²) in [5.74, 6) is 0.524. The van der Waals surface area contributed by atoms with E-state index in [1.54, 1.807) is 0 Å². The van der Waals surface area contributed by atoms with Crippen molar-refractivity contribution in [2.45, 2.75) is 25.7 Å². The van der Waals surface area contributed by atoms with Crippen molar-refractivity contribution in [3.05, 3.63) is 35.4 Å². The summed E-state index contributed by atoms with van der Waals surface area (Å²) in [5.41, 5.74) is 2.61. The lowest BCUT2D eigenvalue weighted by Gasteiger charge is -2.30. The molecule has 1 aliphatic rings. The smallest absolute Gasteiger partial charge is 0.407 e. The number of benzene rings is 1. The van der Waals surface area contributed by atoms with Crippen LogP contribution in [-0.4, -0.2) is 29.2 Å². The molecule has 0 saturated carbocycles. The summed E-state index contributed by atoms with van der Waals surface area (Å²) in [6.45, 7) is 3.40.